The number of aromatic nitrogens is 2. The second kappa shape index (κ2) is 5.57. The fourth-order valence-electron chi connectivity index (χ4n) is 1.82. The molecule has 0 spiro atoms. The van der Waals surface area contributed by atoms with Crippen molar-refractivity contribution in [1.82, 2.24) is 9.78 Å². The number of aryl methyl sites for hydroxylation is 2. The number of nitrogens with zero attached hydrogens (tertiary/aromatic N) is 2. The molecular formula is C12H15BrN4O3S. The Morgan fingerprint density at radius 3 is 2.57 bits per heavy atom. The molecule has 2 rings (SSSR count). The van der Waals surface area contributed by atoms with E-state index in [0.717, 1.165) is 0 Å². The van der Waals surface area contributed by atoms with Gasteiger partial charge in [0.1, 0.15) is 16.5 Å². The van der Waals surface area contributed by atoms with E-state index in [1.165, 1.54) is 23.9 Å². The van der Waals surface area contributed by atoms with E-state index in [-0.39, 0.29) is 10.6 Å². The van der Waals surface area contributed by atoms with Gasteiger partial charge in [0.15, 0.2) is 0 Å². The van der Waals surface area contributed by atoms with Crippen LogP contribution in [0.4, 0.5) is 11.5 Å². The highest BCUT2D eigenvalue weighted by Gasteiger charge is 2.22. The van der Waals surface area contributed by atoms with E-state index in [1.807, 2.05) is 0 Å². The predicted octanol–water partition coefficient (Wildman–Crippen LogP) is 1.88. The van der Waals surface area contributed by atoms with E-state index in [0.29, 0.717) is 21.7 Å². The topological polar surface area (TPSA) is 99.2 Å². The highest BCUT2D eigenvalue weighted by Crippen LogP contribution is 2.33. The Hall–Kier alpha value is -1.74. The number of nitrogens with one attached hydrogen (secondary N) is 1. The van der Waals surface area contributed by atoms with Gasteiger partial charge in [-0.25, -0.2) is 8.42 Å². The molecule has 0 bridgehead atoms. The van der Waals surface area contributed by atoms with Crippen LogP contribution in [0.25, 0.3) is 0 Å². The van der Waals surface area contributed by atoms with Crippen LogP contribution in [0.2, 0.25) is 0 Å². The van der Waals surface area contributed by atoms with Crippen LogP contribution >= 0.6 is 15.9 Å². The number of hydrogen-bond donors (Lipinski definition) is 2. The molecule has 3 N–H and O–H groups in total. The van der Waals surface area contributed by atoms with Gasteiger partial charge in [-0.1, -0.05) is 0 Å². The third-order valence-electron chi connectivity index (χ3n) is 2.81. The molecule has 1 heterocycles. The number of nitrogen functional groups attached to an aromatic ring is 1. The monoisotopic (exact) mass is 374 g/mol. The Morgan fingerprint density at radius 1 is 1.38 bits per heavy atom. The molecule has 2 aromatic rings. The van der Waals surface area contributed by atoms with E-state index in [1.54, 1.807) is 20.0 Å². The SMILES string of the molecule is COc1cc(Br)c(N)cc1S(=O)(=O)Nc1cc(C)nn1C. The largest absolute Gasteiger partial charge is 0.495 e. The maximum atomic E-state index is 12.5. The van der Waals surface area contributed by atoms with Crippen molar-refractivity contribution in [2.75, 3.05) is 17.6 Å². The molecule has 1 aromatic heterocycles. The van der Waals surface area contributed by atoms with E-state index in [4.69, 9.17) is 10.5 Å². The molecule has 7 nitrogen and oxygen atoms in total. The molecule has 0 atom stereocenters. The quantitative estimate of drug-likeness (QED) is 0.795. The summed E-state index contributed by atoms with van der Waals surface area (Å²) in [6.45, 7) is 1.77. The Kier molecular flexibility index (Phi) is 4.15. The highest BCUT2D eigenvalue weighted by molar-refractivity contribution is 9.10. The van der Waals surface area contributed by atoms with Crippen LogP contribution in [0.5, 0.6) is 5.75 Å². The van der Waals surface area contributed by atoms with E-state index in [2.05, 4.69) is 25.8 Å². The van der Waals surface area contributed by atoms with Crippen molar-refractivity contribution >= 4 is 37.5 Å². The summed E-state index contributed by atoms with van der Waals surface area (Å²) in [4.78, 5) is -0.0375. The van der Waals surface area contributed by atoms with Gasteiger partial charge in [-0.3, -0.25) is 9.40 Å². The molecule has 0 aliphatic carbocycles. The smallest absolute Gasteiger partial charge is 0.266 e. The van der Waals surface area contributed by atoms with Crippen molar-refractivity contribution < 1.29 is 13.2 Å². The molecular weight excluding hydrogens is 360 g/mol. The van der Waals surface area contributed by atoms with E-state index >= 15 is 0 Å². The Bertz CT molecular complexity index is 786. The van der Waals surface area contributed by atoms with Gasteiger partial charge in [0.2, 0.25) is 0 Å². The molecule has 9 heteroatoms. The van der Waals surface area contributed by atoms with E-state index < -0.39 is 10.0 Å². The first-order valence-electron chi connectivity index (χ1n) is 5.91. The van der Waals surface area contributed by atoms with Crippen LogP contribution in [-0.4, -0.2) is 25.3 Å². The lowest BCUT2D eigenvalue weighted by atomic mass is 10.3. The zero-order chi connectivity index (χ0) is 15.8. The third kappa shape index (κ3) is 3.13. The maximum absolute atomic E-state index is 12.5. The van der Waals surface area contributed by atoms with Gasteiger partial charge in [-0.15, -0.1) is 0 Å². The summed E-state index contributed by atoms with van der Waals surface area (Å²) in [5.41, 5.74) is 6.77. The molecule has 114 valence electrons. The maximum Gasteiger partial charge on any atom is 0.266 e. The Labute approximate surface area is 131 Å². The summed E-state index contributed by atoms with van der Waals surface area (Å²) >= 11 is 3.24. The van der Waals surface area contributed by atoms with Crippen LogP contribution in [-0.2, 0) is 17.1 Å². The highest BCUT2D eigenvalue weighted by atomic mass is 79.9. The molecule has 0 radical (unpaired) electrons. The number of ether oxygens (including phenoxy) is 1. The number of halogens is 1. The number of nitrogens with two attached hydrogens (primary N) is 1. The number of rotatable bonds is 4. The molecule has 0 fully saturated rings. The molecule has 0 saturated carbocycles. The first-order valence-corrected chi connectivity index (χ1v) is 8.18. The minimum absolute atomic E-state index is 0.0375. The predicted molar refractivity (Wildman–Crippen MR) is 83.9 cm³/mol. The van der Waals surface area contributed by atoms with Crippen molar-refractivity contribution in [3.8, 4) is 5.75 Å². The van der Waals surface area contributed by atoms with Gasteiger partial charge in [0, 0.05) is 23.3 Å². The molecule has 0 aliphatic heterocycles. The van der Waals surface area contributed by atoms with E-state index in [9.17, 15) is 8.42 Å². The average molecular weight is 375 g/mol. The zero-order valence-electron chi connectivity index (χ0n) is 11.7. The number of benzene rings is 1. The first-order chi connectivity index (χ1) is 9.74. The molecule has 21 heavy (non-hydrogen) atoms. The molecule has 1 aromatic carbocycles. The summed E-state index contributed by atoms with van der Waals surface area (Å²) in [5.74, 6) is 0.554. The molecule has 0 unspecified atom stereocenters. The number of hydrogen-bond acceptors (Lipinski definition) is 5. The average Bonchev–Trinajstić information content (AvgIpc) is 2.69. The second-order valence-corrected chi connectivity index (χ2v) is 6.93. The number of anilines is 2. The van der Waals surface area contributed by atoms with Crippen molar-refractivity contribution in [2.24, 2.45) is 7.05 Å². The lowest BCUT2D eigenvalue weighted by Gasteiger charge is -2.13. The van der Waals surface area contributed by atoms with Crippen molar-refractivity contribution in [2.45, 2.75) is 11.8 Å². The molecule has 0 amide bonds. The lowest BCUT2D eigenvalue weighted by molar-refractivity contribution is 0.402. The van der Waals surface area contributed by atoms with Gasteiger partial charge in [-0.2, -0.15) is 5.10 Å². The van der Waals surface area contributed by atoms with Crippen molar-refractivity contribution in [3.05, 3.63) is 28.4 Å². The van der Waals surface area contributed by atoms with Gasteiger partial charge < -0.3 is 10.5 Å². The third-order valence-corrected chi connectivity index (χ3v) is 4.88. The second-order valence-electron chi connectivity index (χ2n) is 4.42. The summed E-state index contributed by atoms with van der Waals surface area (Å²) in [7, 11) is -0.796. The minimum Gasteiger partial charge on any atom is -0.495 e. The van der Waals surface area contributed by atoms with Gasteiger partial charge >= 0.3 is 0 Å². The van der Waals surface area contributed by atoms with Crippen LogP contribution in [0.15, 0.2) is 27.6 Å². The first kappa shape index (κ1) is 15.6. The van der Waals surface area contributed by atoms with Crippen LogP contribution in [0, 0.1) is 6.92 Å². The van der Waals surface area contributed by atoms with Crippen LogP contribution < -0.4 is 15.2 Å². The Balaban J connectivity index is 2.49. The van der Waals surface area contributed by atoms with Crippen LogP contribution in [0.1, 0.15) is 5.69 Å². The fourth-order valence-corrected chi connectivity index (χ4v) is 3.41. The van der Waals surface area contributed by atoms with Gasteiger partial charge in [0.25, 0.3) is 10.0 Å². The molecule has 0 aliphatic rings. The van der Waals surface area contributed by atoms with Crippen molar-refractivity contribution in [3.63, 3.8) is 0 Å². The zero-order valence-corrected chi connectivity index (χ0v) is 14.1. The normalized spacial score (nSPS) is 11.4. The lowest BCUT2D eigenvalue weighted by Crippen LogP contribution is -2.16. The summed E-state index contributed by atoms with van der Waals surface area (Å²) in [6, 6.07) is 4.49. The van der Waals surface area contributed by atoms with Gasteiger partial charge in [0.05, 0.1) is 12.8 Å². The fraction of sp³-hybridized carbons (Fsp3) is 0.250. The molecule has 0 saturated heterocycles. The van der Waals surface area contributed by atoms with Crippen molar-refractivity contribution in [1.29, 1.82) is 0 Å². The minimum atomic E-state index is -3.84. The Morgan fingerprint density at radius 2 is 2.05 bits per heavy atom. The number of sulfonamides is 1. The summed E-state index contributed by atoms with van der Waals surface area (Å²) in [5, 5.41) is 4.09. The van der Waals surface area contributed by atoms with Gasteiger partial charge in [-0.05, 0) is 35.0 Å². The van der Waals surface area contributed by atoms with Crippen LogP contribution in [0.3, 0.4) is 0 Å². The summed E-state index contributed by atoms with van der Waals surface area (Å²) < 4.78 is 34.6. The summed E-state index contributed by atoms with van der Waals surface area (Å²) in [6.07, 6.45) is 0. The number of methoxy groups -OCH3 is 1. The standard InChI is InChI=1S/C12H15BrN4O3S/c1-7-4-12(17(2)15-7)16-21(18,19)11-6-9(14)8(13)5-10(11)20-3/h4-6,16H,14H2,1-3H3.